The fourth-order valence-corrected chi connectivity index (χ4v) is 3.85. The molecule has 1 aromatic carbocycles. The van der Waals surface area contributed by atoms with E-state index in [9.17, 15) is 14.4 Å². The summed E-state index contributed by atoms with van der Waals surface area (Å²) in [6.45, 7) is 14.8. The number of nitrogens with one attached hydrogen (secondary N) is 1. The lowest BCUT2D eigenvalue weighted by molar-refractivity contribution is -0.153. The van der Waals surface area contributed by atoms with Crippen LogP contribution in [0, 0.1) is 5.41 Å². The van der Waals surface area contributed by atoms with Crippen molar-refractivity contribution in [2.45, 2.75) is 66.2 Å². The maximum atomic E-state index is 13.1. The van der Waals surface area contributed by atoms with Gasteiger partial charge in [0, 0.05) is 32.7 Å². The number of benzene rings is 1. The maximum Gasteiger partial charge on any atom is 0.410 e. The Hall–Kier alpha value is -2.81. The summed E-state index contributed by atoms with van der Waals surface area (Å²) in [5, 5.41) is 3.31. The fourth-order valence-electron chi connectivity index (χ4n) is 3.85. The third-order valence-electron chi connectivity index (χ3n) is 5.75. The van der Waals surface area contributed by atoms with Gasteiger partial charge in [-0.1, -0.05) is 30.3 Å². The molecule has 1 unspecified atom stereocenters. The molecule has 9 heteroatoms. The Balaban J connectivity index is 2.13. The van der Waals surface area contributed by atoms with E-state index in [4.69, 9.17) is 14.2 Å². The highest BCUT2D eigenvalue weighted by Gasteiger charge is 2.44. The highest BCUT2D eigenvalue weighted by atomic mass is 16.6. The Morgan fingerprint density at radius 2 is 1.66 bits per heavy atom. The topological polar surface area (TPSA) is 97.4 Å². The van der Waals surface area contributed by atoms with Gasteiger partial charge in [0.25, 0.3) is 0 Å². The number of hydrogen-bond donors (Lipinski definition) is 1. The van der Waals surface area contributed by atoms with Crippen molar-refractivity contribution >= 4 is 18.2 Å². The van der Waals surface area contributed by atoms with Gasteiger partial charge in [0.05, 0.1) is 17.6 Å². The van der Waals surface area contributed by atoms with Crippen LogP contribution >= 0.6 is 0 Å². The number of amides is 2. The van der Waals surface area contributed by atoms with Crippen molar-refractivity contribution < 1.29 is 28.6 Å². The SMILES string of the molecule is CCOC(=O)C(C)(C)CNCC1(C)CN(C(=O)OC(C)(C)C)CCN1C(=O)OCc1ccccc1. The van der Waals surface area contributed by atoms with Crippen LogP contribution in [0.15, 0.2) is 30.3 Å². The zero-order valence-corrected chi connectivity index (χ0v) is 22.2. The second kappa shape index (κ2) is 11.7. The van der Waals surface area contributed by atoms with Crippen LogP contribution in [0.25, 0.3) is 0 Å². The summed E-state index contributed by atoms with van der Waals surface area (Å²) in [5.41, 5.74) is -1.26. The standard InChI is InChI=1S/C26H41N3O6/c1-8-33-21(30)25(5,6)17-27-18-26(7)19-28(22(31)35-24(2,3)4)14-15-29(26)23(32)34-16-20-12-10-9-11-13-20/h9-13,27H,8,14-19H2,1-7H3. The number of rotatable bonds is 8. The van der Waals surface area contributed by atoms with Crippen molar-refractivity contribution in [2.75, 3.05) is 39.3 Å². The molecule has 196 valence electrons. The minimum Gasteiger partial charge on any atom is -0.466 e. The maximum absolute atomic E-state index is 13.1. The van der Waals surface area contributed by atoms with Crippen LogP contribution in [0.2, 0.25) is 0 Å². The number of piperazine rings is 1. The summed E-state index contributed by atoms with van der Waals surface area (Å²) in [4.78, 5) is 41.4. The van der Waals surface area contributed by atoms with Crippen molar-refractivity contribution in [3.8, 4) is 0 Å². The first-order chi connectivity index (χ1) is 16.3. The number of carbonyl (C=O) groups excluding carboxylic acids is 3. The van der Waals surface area contributed by atoms with Gasteiger partial charge in [0.15, 0.2) is 0 Å². The quantitative estimate of drug-likeness (QED) is 0.436. The predicted molar refractivity (Wildman–Crippen MR) is 133 cm³/mol. The minimum absolute atomic E-state index is 0.158. The summed E-state index contributed by atoms with van der Waals surface area (Å²) in [5.74, 6) is -0.296. The number of hydrogen-bond acceptors (Lipinski definition) is 7. The van der Waals surface area contributed by atoms with Crippen molar-refractivity contribution in [3.63, 3.8) is 0 Å². The largest absolute Gasteiger partial charge is 0.466 e. The molecule has 35 heavy (non-hydrogen) atoms. The van der Waals surface area contributed by atoms with E-state index in [1.807, 2.05) is 58.0 Å². The molecule has 0 bridgehead atoms. The normalized spacial score (nSPS) is 18.7. The molecule has 2 amide bonds. The first kappa shape index (κ1) is 28.4. The number of nitrogens with zero attached hydrogens (tertiary/aromatic N) is 2. The molecule has 1 aromatic rings. The summed E-state index contributed by atoms with van der Waals surface area (Å²) in [6.07, 6.45) is -0.875. The molecular weight excluding hydrogens is 450 g/mol. The van der Waals surface area contributed by atoms with Gasteiger partial charge < -0.3 is 24.4 Å². The molecule has 1 N–H and O–H groups in total. The summed E-state index contributed by atoms with van der Waals surface area (Å²) in [6, 6.07) is 9.48. The molecule has 0 saturated carbocycles. The number of esters is 1. The lowest BCUT2D eigenvalue weighted by atomic mass is 9.92. The van der Waals surface area contributed by atoms with Crippen LogP contribution in [-0.2, 0) is 25.6 Å². The van der Waals surface area contributed by atoms with Gasteiger partial charge in [-0.05, 0) is 54.0 Å². The number of carbonyl (C=O) groups is 3. The zero-order chi connectivity index (χ0) is 26.3. The molecule has 2 rings (SSSR count). The molecule has 1 fully saturated rings. The van der Waals surface area contributed by atoms with E-state index >= 15 is 0 Å². The highest BCUT2D eigenvalue weighted by Crippen LogP contribution is 2.25. The van der Waals surface area contributed by atoms with Crippen LogP contribution in [0.3, 0.4) is 0 Å². The molecule has 1 aliphatic rings. The van der Waals surface area contributed by atoms with Gasteiger partial charge in [0.2, 0.25) is 0 Å². The molecule has 1 atom stereocenters. The molecule has 1 aliphatic heterocycles. The van der Waals surface area contributed by atoms with E-state index in [1.54, 1.807) is 30.6 Å². The molecule has 9 nitrogen and oxygen atoms in total. The zero-order valence-electron chi connectivity index (χ0n) is 22.2. The van der Waals surface area contributed by atoms with Gasteiger partial charge in [-0.3, -0.25) is 9.69 Å². The van der Waals surface area contributed by atoms with E-state index in [0.29, 0.717) is 32.8 Å². The predicted octanol–water partition coefficient (Wildman–Crippen LogP) is 3.81. The average molecular weight is 492 g/mol. The minimum atomic E-state index is -0.784. The van der Waals surface area contributed by atoms with Gasteiger partial charge in [-0.25, -0.2) is 9.59 Å². The van der Waals surface area contributed by atoms with Crippen molar-refractivity contribution in [3.05, 3.63) is 35.9 Å². The molecule has 0 aliphatic carbocycles. The monoisotopic (exact) mass is 491 g/mol. The Bertz CT molecular complexity index is 868. The second-order valence-electron chi connectivity index (χ2n) is 10.8. The van der Waals surface area contributed by atoms with Crippen molar-refractivity contribution in [1.82, 2.24) is 15.1 Å². The van der Waals surface area contributed by atoms with Crippen LogP contribution < -0.4 is 5.32 Å². The van der Waals surface area contributed by atoms with Crippen LogP contribution in [0.1, 0.15) is 54.0 Å². The van der Waals surface area contributed by atoms with Gasteiger partial charge in [0.1, 0.15) is 12.2 Å². The Morgan fingerprint density at radius 1 is 1.00 bits per heavy atom. The second-order valence-corrected chi connectivity index (χ2v) is 10.8. The van der Waals surface area contributed by atoms with Crippen LogP contribution in [0.5, 0.6) is 0 Å². The lowest BCUT2D eigenvalue weighted by Crippen LogP contribution is -2.67. The van der Waals surface area contributed by atoms with E-state index in [2.05, 4.69) is 5.32 Å². The van der Waals surface area contributed by atoms with Crippen LogP contribution in [-0.4, -0.2) is 78.4 Å². The van der Waals surface area contributed by atoms with Gasteiger partial charge in [-0.2, -0.15) is 0 Å². The van der Waals surface area contributed by atoms with Gasteiger partial charge >= 0.3 is 18.2 Å². The molecule has 1 heterocycles. The lowest BCUT2D eigenvalue weighted by Gasteiger charge is -2.48. The molecule has 0 spiro atoms. The van der Waals surface area contributed by atoms with E-state index in [1.165, 1.54) is 0 Å². The van der Waals surface area contributed by atoms with Crippen molar-refractivity contribution in [1.29, 1.82) is 0 Å². The first-order valence-electron chi connectivity index (χ1n) is 12.1. The first-order valence-corrected chi connectivity index (χ1v) is 12.1. The fraction of sp³-hybridized carbons (Fsp3) is 0.654. The third-order valence-corrected chi connectivity index (χ3v) is 5.75. The van der Waals surface area contributed by atoms with E-state index < -0.39 is 28.7 Å². The highest BCUT2D eigenvalue weighted by molar-refractivity contribution is 5.76. The van der Waals surface area contributed by atoms with E-state index in [0.717, 1.165) is 5.56 Å². The molecule has 0 aromatic heterocycles. The number of ether oxygens (including phenoxy) is 3. The summed E-state index contributed by atoms with van der Waals surface area (Å²) in [7, 11) is 0. The summed E-state index contributed by atoms with van der Waals surface area (Å²) < 4.78 is 16.3. The third kappa shape index (κ3) is 8.42. The Kier molecular flexibility index (Phi) is 9.54. The smallest absolute Gasteiger partial charge is 0.410 e. The Labute approximate surface area is 209 Å². The Morgan fingerprint density at radius 3 is 2.26 bits per heavy atom. The molecule has 0 radical (unpaired) electrons. The van der Waals surface area contributed by atoms with Crippen LogP contribution in [0.4, 0.5) is 9.59 Å². The summed E-state index contributed by atoms with van der Waals surface area (Å²) >= 11 is 0. The van der Waals surface area contributed by atoms with Gasteiger partial charge in [-0.15, -0.1) is 0 Å². The average Bonchev–Trinajstić information content (AvgIpc) is 2.77. The molecular formula is C26H41N3O6. The molecule has 1 saturated heterocycles. The van der Waals surface area contributed by atoms with Crippen molar-refractivity contribution in [2.24, 2.45) is 5.41 Å². The van der Waals surface area contributed by atoms with E-state index in [-0.39, 0.29) is 19.1 Å².